The Hall–Kier alpha value is -2.20. The summed E-state index contributed by atoms with van der Waals surface area (Å²) < 4.78 is 11.3. The fourth-order valence-corrected chi connectivity index (χ4v) is 2.22. The first-order chi connectivity index (χ1) is 11.6. The molecular weight excluding hydrogens is 326 g/mol. The van der Waals surface area contributed by atoms with E-state index >= 15 is 0 Å². The molecule has 1 atom stereocenters. The third-order valence-electron chi connectivity index (χ3n) is 3.45. The van der Waals surface area contributed by atoms with Crippen LogP contribution in [0.3, 0.4) is 0 Å². The minimum absolute atomic E-state index is 0.153. The Morgan fingerprint density at radius 2 is 1.71 bits per heavy atom. The first-order valence-electron chi connectivity index (χ1n) is 7.98. The highest BCUT2D eigenvalue weighted by Crippen LogP contribution is 2.17. The summed E-state index contributed by atoms with van der Waals surface area (Å²) in [7, 11) is 0. The molecule has 2 aromatic carbocycles. The highest BCUT2D eigenvalue weighted by atomic mass is 35.5. The topological polar surface area (TPSA) is 47.6 Å². The lowest BCUT2D eigenvalue weighted by Crippen LogP contribution is -2.39. The molecule has 0 aliphatic carbocycles. The molecule has 2 aromatic rings. The quantitative estimate of drug-likeness (QED) is 0.734. The van der Waals surface area contributed by atoms with Crippen LogP contribution in [0.1, 0.15) is 18.9 Å². The zero-order chi connectivity index (χ0) is 17.4. The molecule has 0 aliphatic heterocycles. The number of hydrogen-bond donors (Lipinski definition) is 1. The fourth-order valence-electron chi connectivity index (χ4n) is 2.09. The smallest absolute Gasteiger partial charge is 0.261 e. The summed E-state index contributed by atoms with van der Waals surface area (Å²) in [6.45, 7) is 4.76. The molecule has 0 fully saturated rings. The van der Waals surface area contributed by atoms with Crippen LogP contribution in [0.2, 0.25) is 5.02 Å². The van der Waals surface area contributed by atoms with E-state index in [9.17, 15) is 4.79 Å². The van der Waals surface area contributed by atoms with E-state index in [0.29, 0.717) is 30.3 Å². The predicted molar refractivity (Wildman–Crippen MR) is 95.8 cm³/mol. The van der Waals surface area contributed by atoms with Crippen molar-refractivity contribution in [2.24, 2.45) is 0 Å². The summed E-state index contributed by atoms with van der Waals surface area (Å²) in [4.78, 5) is 12.2. The van der Waals surface area contributed by atoms with E-state index in [2.05, 4.69) is 5.32 Å². The van der Waals surface area contributed by atoms with Crippen LogP contribution in [0.25, 0.3) is 0 Å². The van der Waals surface area contributed by atoms with Gasteiger partial charge in [-0.1, -0.05) is 36.2 Å². The average molecular weight is 348 g/mol. The normalized spacial score (nSPS) is 11.6. The van der Waals surface area contributed by atoms with Crippen LogP contribution in [0.15, 0.2) is 48.5 Å². The van der Waals surface area contributed by atoms with Crippen LogP contribution < -0.4 is 14.8 Å². The van der Waals surface area contributed by atoms with E-state index in [4.69, 9.17) is 21.1 Å². The Labute approximate surface area is 147 Å². The molecule has 0 heterocycles. The van der Waals surface area contributed by atoms with Gasteiger partial charge in [-0.15, -0.1) is 0 Å². The molecule has 0 saturated heterocycles. The van der Waals surface area contributed by atoms with Crippen LogP contribution in [0.5, 0.6) is 11.5 Å². The van der Waals surface area contributed by atoms with Crippen LogP contribution in [0, 0.1) is 6.92 Å². The molecule has 2 rings (SSSR count). The maximum atomic E-state index is 12.2. The number of aryl methyl sites for hydroxylation is 1. The second kappa shape index (κ2) is 9.18. The molecule has 4 nitrogen and oxygen atoms in total. The van der Waals surface area contributed by atoms with Gasteiger partial charge < -0.3 is 14.8 Å². The van der Waals surface area contributed by atoms with E-state index in [1.165, 1.54) is 5.56 Å². The van der Waals surface area contributed by atoms with Gasteiger partial charge in [-0.3, -0.25) is 4.79 Å². The summed E-state index contributed by atoms with van der Waals surface area (Å²) in [5.41, 5.74) is 1.18. The summed E-state index contributed by atoms with van der Waals surface area (Å²) in [5, 5.41) is 3.46. The van der Waals surface area contributed by atoms with Crippen molar-refractivity contribution < 1.29 is 14.3 Å². The van der Waals surface area contributed by atoms with E-state index in [1.54, 1.807) is 24.3 Å². The van der Waals surface area contributed by atoms with Gasteiger partial charge in [-0.25, -0.2) is 0 Å². The third kappa shape index (κ3) is 5.78. The predicted octanol–water partition coefficient (Wildman–Crippen LogP) is 4.00. The van der Waals surface area contributed by atoms with Crippen molar-refractivity contribution in [1.82, 2.24) is 5.32 Å². The number of ether oxygens (including phenoxy) is 2. The minimum Gasteiger partial charge on any atom is -0.492 e. The molecule has 0 aliphatic rings. The molecular formula is C19H22ClNO3. The van der Waals surface area contributed by atoms with Crippen LogP contribution in [-0.2, 0) is 4.79 Å². The van der Waals surface area contributed by atoms with Gasteiger partial charge in [-0.2, -0.15) is 0 Å². The third-order valence-corrected chi connectivity index (χ3v) is 3.70. The van der Waals surface area contributed by atoms with Crippen molar-refractivity contribution >= 4 is 17.5 Å². The fraction of sp³-hybridized carbons (Fsp3) is 0.316. The number of hydrogen-bond acceptors (Lipinski definition) is 3. The van der Waals surface area contributed by atoms with Crippen molar-refractivity contribution in [1.29, 1.82) is 0 Å². The lowest BCUT2D eigenvalue weighted by atomic mass is 10.2. The molecule has 0 spiro atoms. The average Bonchev–Trinajstić information content (AvgIpc) is 2.59. The maximum absolute atomic E-state index is 12.2. The first-order valence-corrected chi connectivity index (χ1v) is 8.35. The van der Waals surface area contributed by atoms with Crippen LogP contribution >= 0.6 is 11.6 Å². The van der Waals surface area contributed by atoms with Crippen molar-refractivity contribution in [3.8, 4) is 11.5 Å². The van der Waals surface area contributed by atoms with Gasteiger partial charge in [0.15, 0.2) is 6.10 Å². The number of benzene rings is 2. The van der Waals surface area contributed by atoms with Gasteiger partial charge in [0.05, 0.1) is 6.54 Å². The van der Waals surface area contributed by atoms with Gasteiger partial charge in [-0.05, 0) is 49.7 Å². The number of amides is 1. The molecule has 1 unspecified atom stereocenters. The van der Waals surface area contributed by atoms with Crippen LogP contribution in [0.4, 0.5) is 0 Å². The number of nitrogens with one attached hydrogen (secondary N) is 1. The standard InChI is InChI=1S/C19H22ClNO3/c1-3-18(24-17-10-6-15(20)7-11-17)19(22)21-12-13-23-16-8-4-14(2)5-9-16/h4-11,18H,3,12-13H2,1-2H3,(H,21,22). The lowest BCUT2D eigenvalue weighted by molar-refractivity contribution is -0.128. The summed E-state index contributed by atoms with van der Waals surface area (Å²) in [6.07, 6.45) is 0.0401. The van der Waals surface area contributed by atoms with Gasteiger partial charge >= 0.3 is 0 Å². The molecule has 1 N–H and O–H groups in total. The molecule has 5 heteroatoms. The number of carbonyl (C=O) groups is 1. The van der Waals surface area contributed by atoms with E-state index in [0.717, 1.165) is 5.75 Å². The Morgan fingerprint density at radius 1 is 1.08 bits per heavy atom. The monoisotopic (exact) mass is 347 g/mol. The maximum Gasteiger partial charge on any atom is 0.261 e. The largest absolute Gasteiger partial charge is 0.492 e. The lowest BCUT2D eigenvalue weighted by Gasteiger charge is -2.17. The van der Waals surface area contributed by atoms with Crippen molar-refractivity contribution in [2.75, 3.05) is 13.2 Å². The molecule has 1 amide bonds. The molecule has 0 aromatic heterocycles. The number of rotatable bonds is 8. The van der Waals surface area contributed by atoms with Gasteiger partial charge in [0.2, 0.25) is 0 Å². The molecule has 24 heavy (non-hydrogen) atoms. The van der Waals surface area contributed by atoms with Gasteiger partial charge in [0.25, 0.3) is 5.91 Å². The molecule has 128 valence electrons. The van der Waals surface area contributed by atoms with Crippen molar-refractivity contribution in [3.63, 3.8) is 0 Å². The highest BCUT2D eigenvalue weighted by molar-refractivity contribution is 6.30. The van der Waals surface area contributed by atoms with Gasteiger partial charge in [0.1, 0.15) is 18.1 Å². The Balaban J connectivity index is 1.75. The van der Waals surface area contributed by atoms with Crippen molar-refractivity contribution in [3.05, 3.63) is 59.1 Å². The molecule has 0 radical (unpaired) electrons. The highest BCUT2D eigenvalue weighted by Gasteiger charge is 2.17. The second-order valence-electron chi connectivity index (χ2n) is 5.42. The zero-order valence-corrected chi connectivity index (χ0v) is 14.7. The van der Waals surface area contributed by atoms with E-state index < -0.39 is 6.10 Å². The zero-order valence-electron chi connectivity index (χ0n) is 13.9. The van der Waals surface area contributed by atoms with Gasteiger partial charge in [0, 0.05) is 5.02 Å². The summed E-state index contributed by atoms with van der Waals surface area (Å²) in [6, 6.07) is 14.8. The molecule has 0 saturated carbocycles. The SMILES string of the molecule is CCC(Oc1ccc(Cl)cc1)C(=O)NCCOc1ccc(C)cc1. The summed E-state index contributed by atoms with van der Waals surface area (Å²) in [5.74, 6) is 1.26. The van der Waals surface area contributed by atoms with E-state index in [-0.39, 0.29) is 5.91 Å². The van der Waals surface area contributed by atoms with Crippen molar-refractivity contribution in [2.45, 2.75) is 26.4 Å². The number of carbonyl (C=O) groups excluding carboxylic acids is 1. The van der Waals surface area contributed by atoms with Crippen LogP contribution in [-0.4, -0.2) is 25.2 Å². The summed E-state index contributed by atoms with van der Waals surface area (Å²) >= 11 is 5.84. The number of halogens is 1. The Kier molecular flexibility index (Phi) is 6.94. The molecule has 0 bridgehead atoms. The first kappa shape index (κ1) is 18.1. The minimum atomic E-state index is -0.537. The van der Waals surface area contributed by atoms with E-state index in [1.807, 2.05) is 38.1 Å². The second-order valence-corrected chi connectivity index (χ2v) is 5.86. The Morgan fingerprint density at radius 3 is 2.33 bits per heavy atom. The Bertz CT molecular complexity index is 641.